The average molecular weight is 335 g/mol. The van der Waals surface area contributed by atoms with Crippen LogP contribution >= 0.6 is 0 Å². The first-order valence-corrected chi connectivity index (χ1v) is 8.88. The molecule has 25 heavy (non-hydrogen) atoms. The molecule has 2 fully saturated rings. The molecular formula is C19H21N5O. The maximum atomic E-state index is 13.3. The normalized spacial score (nSPS) is 20.5. The van der Waals surface area contributed by atoms with Crippen LogP contribution in [0.3, 0.4) is 0 Å². The monoisotopic (exact) mass is 335 g/mol. The Kier molecular flexibility index (Phi) is 2.90. The number of nitrogens with two attached hydrogens (primary N) is 1. The van der Waals surface area contributed by atoms with Crippen molar-refractivity contribution in [3.63, 3.8) is 0 Å². The van der Waals surface area contributed by atoms with E-state index < -0.39 is 5.41 Å². The van der Waals surface area contributed by atoms with Gasteiger partial charge in [0.15, 0.2) is 0 Å². The molecule has 0 atom stereocenters. The number of aromatic nitrogens is 2. The Morgan fingerprint density at radius 3 is 2.84 bits per heavy atom. The largest absolute Gasteiger partial charge is 0.399 e. The molecule has 0 bridgehead atoms. The summed E-state index contributed by atoms with van der Waals surface area (Å²) in [5, 5.41) is 3.34. The third-order valence-electron chi connectivity index (χ3n) is 5.49. The summed E-state index contributed by atoms with van der Waals surface area (Å²) in [6.07, 6.45) is 5.95. The van der Waals surface area contributed by atoms with Crippen molar-refractivity contribution >= 4 is 23.2 Å². The molecule has 1 aromatic heterocycles. The molecule has 1 aliphatic heterocycles. The molecule has 128 valence electrons. The van der Waals surface area contributed by atoms with Crippen molar-refractivity contribution in [1.29, 1.82) is 0 Å². The van der Waals surface area contributed by atoms with Gasteiger partial charge in [-0.25, -0.2) is 9.97 Å². The second-order valence-corrected chi connectivity index (χ2v) is 7.51. The zero-order valence-corrected chi connectivity index (χ0v) is 14.2. The van der Waals surface area contributed by atoms with Crippen molar-refractivity contribution in [3.05, 3.63) is 41.2 Å². The summed E-state index contributed by atoms with van der Waals surface area (Å²) < 4.78 is 0. The molecule has 2 heterocycles. The number of anilines is 3. The van der Waals surface area contributed by atoms with Gasteiger partial charge in [0, 0.05) is 29.2 Å². The van der Waals surface area contributed by atoms with Crippen LogP contribution in [0.25, 0.3) is 0 Å². The van der Waals surface area contributed by atoms with E-state index in [1.54, 1.807) is 0 Å². The Morgan fingerprint density at radius 2 is 2.12 bits per heavy atom. The van der Waals surface area contributed by atoms with Crippen LogP contribution < -0.4 is 16.0 Å². The molecule has 1 aromatic carbocycles. The van der Waals surface area contributed by atoms with Crippen LogP contribution in [0, 0.1) is 6.92 Å². The van der Waals surface area contributed by atoms with Crippen LogP contribution in [0.2, 0.25) is 0 Å². The number of aryl methyl sites for hydroxylation is 1. The molecule has 2 saturated carbocycles. The average Bonchev–Trinajstić information content (AvgIpc) is 3.50. The fraction of sp³-hybridized carbons (Fsp3) is 0.421. The number of nitrogen functional groups attached to an aromatic ring is 1. The lowest BCUT2D eigenvalue weighted by Crippen LogP contribution is -2.45. The van der Waals surface area contributed by atoms with E-state index in [4.69, 9.17) is 10.7 Å². The molecule has 1 amide bonds. The van der Waals surface area contributed by atoms with Crippen LogP contribution in [0.1, 0.15) is 42.5 Å². The van der Waals surface area contributed by atoms with E-state index in [1.165, 1.54) is 12.8 Å². The van der Waals surface area contributed by atoms with E-state index in [0.717, 1.165) is 35.3 Å². The molecule has 6 heteroatoms. The van der Waals surface area contributed by atoms with Crippen molar-refractivity contribution in [2.24, 2.45) is 0 Å². The minimum atomic E-state index is -0.465. The van der Waals surface area contributed by atoms with Gasteiger partial charge in [-0.05, 0) is 50.3 Å². The number of hydrogen-bond donors (Lipinski definition) is 2. The van der Waals surface area contributed by atoms with Crippen LogP contribution in [0.15, 0.2) is 24.4 Å². The highest BCUT2D eigenvalue weighted by atomic mass is 16.2. The zero-order chi connectivity index (χ0) is 17.2. The van der Waals surface area contributed by atoms with Gasteiger partial charge in [-0.1, -0.05) is 6.07 Å². The Balaban J connectivity index is 1.56. The predicted octanol–water partition coefficient (Wildman–Crippen LogP) is 2.52. The van der Waals surface area contributed by atoms with Gasteiger partial charge in [-0.15, -0.1) is 0 Å². The summed E-state index contributed by atoms with van der Waals surface area (Å²) >= 11 is 0. The van der Waals surface area contributed by atoms with Gasteiger partial charge in [0.2, 0.25) is 11.9 Å². The molecule has 3 N–H and O–H groups in total. The highest BCUT2D eigenvalue weighted by Gasteiger charge is 2.58. The van der Waals surface area contributed by atoms with E-state index in [0.29, 0.717) is 24.2 Å². The maximum Gasteiger partial charge on any atom is 0.239 e. The van der Waals surface area contributed by atoms with E-state index in [2.05, 4.69) is 10.3 Å². The highest BCUT2D eigenvalue weighted by molar-refractivity contribution is 6.05. The third kappa shape index (κ3) is 2.27. The first kappa shape index (κ1) is 14.7. The first-order chi connectivity index (χ1) is 12.1. The number of rotatable bonds is 3. The Hall–Kier alpha value is -2.63. The second-order valence-electron chi connectivity index (χ2n) is 7.51. The van der Waals surface area contributed by atoms with Crippen molar-refractivity contribution in [2.45, 2.75) is 50.6 Å². The molecule has 0 saturated heterocycles. The van der Waals surface area contributed by atoms with Gasteiger partial charge >= 0.3 is 0 Å². The van der Waals surface area contributed by atoms with Gasteiger partial charge in [0.05, 0.1) is 17.7 Å². The summed E-state index contributed by atoms with van der Waals surface area (Å²) in [6.45, 7) is 2.51. The quantitative estimate of drug-likeness (QED) is 0.842. The molecule has 0 unspecified atom stereocenters. The number of hydrogen-bond acceptors (Lipinski definition) is 5. The molecule has 3 aliphatic rings. The molecule has 0 radical (unpaired) electrons. The predicted molar refractivity (Wildman–Crippen MR) is 96.4 cm³/mol. The SMILES string of the molecule is Cc1ccc(N)cc1N1Cc2cnc(NC3CC3)nc2C2(CC2)C1=O. The number of fused-ring (bicyclic) bond motifs is 2. The van der Waals surface area contributed by atoms with E-state index in [-0.39, 0.29) is 5.91 Å². The van der Waals surface area contributed by atoms with Gasteiger partial charge in [0.25, 0.3) is 0 Å². The molecule has 5 rings (SSSR count). The minimum Gasteiger partial charge on any atom is -0.399 e. The Morgan fingerprint density at radius 1 is 1.32 bits per heavy atom. The van der Waals surface area contributed by atoms with Crippen LogP contribution in [-0.4, -0.2) is 21.9 Å². The Labute approximate surface area is 146 Å². The standard InChI is InChI=1S/C19H21N5O/c1-11-2-3-13(20)8-15(11)24-10-12-9-21-18(22-14-4-5-14)23-16(12)19(6-7-19)17(24)25/h2-3,8-9,14H,4-7,10,20H2,1H3,(H,21,22,23). The topological polar surface area (TPSA) is 84.1 Å². The van der Waals surface area contributed by atoms with Gasteiger partial charge in [-0.2, -0.15) is 0 Å². The van der Waals surface area contributed by atoms with Crippen LogP contribution in [-0.2, 0) is 16.8 Å². The van der Waals surface area contributed by atoms with E-state index in [9.17, 15) is 4.79 Å². The molecular weight excluding hydrogens is 314 g/mol. The molecule has 6 nitrogen and oxygen atoms in total. The maximum absolute atomic E-state index is 13.3. The van der Waals surface area contributed by atoms with Gasteiger partial charge in [0.1, 0.15) is 0 Å². The fourth-order valence-electron chi connectivity index (χ4n) is 3.71. The summed E-state index contributed by atoms with van der Waals surface area (Å²) in [5.74, 6) is 0.804. The number of benzene rings is 1. The molecule has 2 aromatic rings. The van der Waals surface area contributed by atoms with Gasteiger partial charge in [-0.3, -0.25) is 4.79 Å². The van der Waals surface area contributed by atoms with Gasteiger partial charge < -0.3 is 16.0 Å². The first-order valence-electron chi connectivity index (χ1n) is 8.88. The number of amides is 1. The summed E-state index contributed by atoms with van der Waals surface area (Å²) in [4.78, 5) is 24.4. The van der Waals surface area contributed by atoms with E-state index >= 15 is 0 Å². The van der Waals surface area contributed by atoms with Crippen molar-refractivity contribution in [3.8, 4) is 0 Å². The zero-order valence-electron chi connectivity index (χ0n) is 14.2. The fourth-order valence-corrected chi connectivity index (χ4v) is 3.71. The number of carbonyl (C=O) groups is 1. The number of carbonyl (C=O) groups excluding carboxylic acids is 1. The van der Waals surface area contributed by atoms with Crippen LogP contribution in [0.4, 0.5) is 17.3 Å². The van der Waals surface area contributed by atoms with Crippen molar-refractivity contribution in [2.75, 3.05) is 16.0 Å². The summed E-state index contributed by atoms with van der Waals surface area (Å²) in [7, 11) is 0. The minimum absolute atomic E-state index is 0.143. The highest BCUT2D eigenvalue weighted by Crippen LogP contribution is 2.53. The lowest BCUT2D eigenvalue weighted by atomic mass is 9.91. The smallest absolute Gasteiger partial charge is 0.239 e. The molecule has 1 spiro atoms. The lowest BCUT2D eigenvalue weighted by molar-refractivity contribution is -0.121. The Bertz CT molecular complexity index is 885. The number of nitrogens with one attached hydrogen (secondary N) is 1. The third-order valence-corrected chi connectivity index (χ3v) is 5.49. The van der Waals surface area contributed by atoms with Crippen molar-refractivity contribution < 1.29 is 4.79 Å². The van der Waals surface area contributed by atoms with Crippen molar-refractivity contribution in [1.82, 2.24) is 9.97 Å². The lowest BCUT2D eigenvalue weighted by Gasteiger charge is -2.34. The van der Waals surface area contributed by atoms with Crippen LogP contribution in [0.5, 0.6) is 0 Å². The number of nitrogens with zero attached hydrogens (tertiary/aromatic N) is 3. The van der Waals surface area contributed by atoms with E-state index in [1.807, 2.05) is 36.2 Å². The summed E-state index contributed by atoms with van der Waals surface area (Å²) in [6, 6.07) is 6.22. The molecule has 2 aliphatic carbocycles. The summed E-state index contributed by atoms with van der Waals surface area (Å²) in [5.41, 5.74) is 10.1. The second kappa shape index (κ2) is 4.94.